The minimum Gasteiger partial charge on any atom is -0.486 e. The summed E-state index contributed by atoms with van der Waals surface area (Å²) in [6.07, 6.45) is 5.31. The van der Waals surface area contributed by atoms with Crippen molar-refractivity contribution in [3.05, 3.63) is 59.4 Å². The Morgan fingerprint density at radius 2 is 1.89 bits per heavy atom. The van der Waals surface area contributed by atoms with Gasteiger partial charge in [0.15, 0.2) is 0 Å². The van der Waals surface area contributed by atoms with E-state index in [1.807, 2.05) is 62.1 Å². The largest absolute Gasteiger partial charge is 0.486 e. The van der Waals surface area contributed by atoms with E-state index in [0.29, 0.717) is 17.5 Å². The molecule has 0 radical (unpaired) electrons. The maximum Gasteiger partial charge on any atom is 0.410 e. The molecule has 1 fully saturated rings. The van der Waals surface area contributed by atoms with Crippen LogP contribution >= 0.6 is 11.6 Å². The van der Waals surface area contributed by atoms with E-state index in [1.54, 1.807) is 0 Å². The molecule has 7 heteroatoms. The molecule has 1 saturated heterocycles. The molecule has 35 heavy (non-hydrogen) atoms. The number of ether oxygens (including phenoxy) is 2. The molecule has 0 aliphatic carbocycles. The van der Waals surface area contributed by atoms with Crippen molar-refractivity contribution < 1.29 is 14.3 Å². The molecular formula is C28H36ClN3O3. The zero-order valence-corrected chi connectivity index (χ0v) is 21.8. The lowest BCUT2D eigenvalue weighted by atomic mass is 9.93. The van der Waals surface area contributed by atoms with Crippen molar-refractivity contribution in [1.29, 1.82) is 0 Å². The average molecular weight is 498 g/mol. The molecular weight excluding hydrogens is 462 g/mol. The van der Waals surface area contributed by atoms with Crippen molar-refractivity contribution in [1.82, 2.24) is 14.5 Å². The van der Waals surface area contributed by atoms with Gasteiger partial charge in [-0.2, -0.15) is 0 Å². The van der Waals surface area contributed by atoms with Gasteiger partial charge in [-0.3, -0.25) is 0 Å². The summed E-state index contributed by atoms with van der Waals surface area (Å²) >= 11 is 5.99. The average Bonchev–Trinajstić information content (AvgIpc) is 3.18. The van der Waals surface area contributed by atoms with E-state index in [9.17, 15) is 4.79 Å². The van der Waals surface area contributed by atoms with Crippen LogP contribution in [0.15, 0.2) is 48.5 Å². The summed E-state index contributed by atoms with van der Waals surface area (Å²) in [6, 6.07) is 15.6. The first kappa shape index (κ1) is 25.4. The number of imidazole rings is 1. The SMILES string of the molecule is CC(C)(C)OC(=O)N1CCCC(CCCCn2c(COc3ccc(Cl)cc3)nc3ccccc32)C1. The number of halogens is 1. The molecule has 2 heterocycles. The van der Waals surface area contributed by atoms with Crippen LogP contribution in [0.1, 0.15) is 58.7 Å². The molecule has 1 aromatic heterocycles. The summed E-state index contributed by atoms with van der Waals surface area (Å²) in [6.45, 7) is 8.64. The van der Waals surface area contributed by atoms with Crippen LogP contribution in [0.3, 0.4) is 0 Å². The molecule has 1 aliphatic heterocycles. The number of hydrogen-bond donors (Lipinski definition) is 0. The van der Waals surface area contributed by atoms with Crippen molar-refractivity contribution in [3.8, 4) is 5.75 Å². The summed E-state index contributed by atoms with van der Waals surface area (Å²) in [5.41, 5.74) is 1.67. The third kappa shape index (κ3) is 7.14. The highest BCUT2D eigenvalue weighted by molar-refractivity contribution is 6.30. The molecule has 1 aliphatic rings. The summed E-state index contributed by atoms with van der Waals surface area (Å²) in [4.78, 5) is 19.2. The molecule has 0 N–H and O–H groups in total. The summed E-state index contributed by atoms with van der Waals surface area (Å²) in [7, 11) is 0. The topological polar surface area (TPSA) is 56.6 Å². The predicted octanol–water partition coefficient (Wildman–Crippen LogP) is 7.09. The number of aromatic nitrogens is 2. The number of amides is 1. The molecule has 1 unspecified atom stereocenters. The Morgan fingerprint density at radius 3 is 2.66 bits per heavy atom. The maximum absolute atomic E-state index is 12.5. The molecule has 0 saturated carbocycles. The quantitative estimate of drug-likeness (QED) is 0.312. The molecule has 188 valence electrons. The third-order valence-electron chi connectivity index (χ3n) is 6.33. The van der Waals surface area contributed by atoms with Crippen molar-refractivity contribution >= 4 is 28.7 Å². The van der Waals surface area contributed by atoms with E-state index in [1.165, 1.54) is 6.42 Å². The van der Waals surface area contributed by atoms with Crippen LogP contribution in [0.4, 0.5) is 4.79 Å². The highest BCUT2D eigenvalue weighted by atomic mass is 35.5. The molecule has 0 bridgehead atoms. The summed E-state index contributed by atoms with van der Waals surface area (Å²) in [5.74, 6) is 2.23. The minimum atomic E-state index is -0.452. The van der Waals surface area contributed by atoms with Crippen LogP contribution in [0.2, 0.25) is 5.02 Å². The molecule has 1 atom stereocenters. The summed E-state index contributed by atoms with van der Waals surface area (Å²) in [5, 5.41) is 0.691. The monoisotopic (exact) mass is 497 g/mol. The number of benzene rings is 2. The normalized spacial score (nSPS) is 16.5. The highest BCUT2D eigenvalue weighted by Crippen LogP contribution is 2.25. The number of fused-ring (bicyclic) bond motifs is 1. The number of rotatable bonds is 8. The van der Waals surface area contributed by atoms with Crippen LogP contribution in [0, 0.1) is 5.92 Å². The molecule has 6 nitrogen and oxygen atoms in total. The van der Waals surface area contributed by atoms with Gasteiger partial charge < -0.3 is 18.9 Å². The Bertz CT molecular complexity index is 1120. The highest BCUT2D eigenvalue weighted by Gasteiger charge is 2.27. The fourth-order valence-corrected chi connectivity index (χ4v) is 4.79. The van der Waals surface area contributed by atoms with Gasteiger partial charge in [0.25, 0.3) is 0 Å². The van der Waals surface area contributed by atoms with Gasteiger partial charge in [-0.05, 0) is 88.8 Å². The molecule has 1 amide bonds. The number of unbranched alkanes of at least 4 members (excludes halogenated alkanes) is 1. The second-order valence-electron chi connectivity index (χ2n) is 10.3. The minimum absolute atomic E-state index is 0.183. The van der Waals surface area contributed by atoms with Crippen LogP contribution < -0.4 is 4.74 Å². The molecule has 4 rings (SSSR count). The standard InChI is InChI=1S/C28H36ClN3O3/c1-28(2,3)35-27(33)31-17-8-10-21(19-31)9-6-7-18-32-25-12-5-4-11-24(25)30-26(32)20-34-23-15-13-22(29)14-16-23/h4-5,11-16,21H,6-10,17-20H2,1-3H3. The van der Waals surface area contributed by atoms with E-state index < -0.39 is 5.60 Å². The van der Waals surface area contributed by atoms with Gasteiger partial charge in [0.2, 0.25) is 0 Å². The number of likely N-dealkylation sites (tertiary alicyclic amines) is 1. The lowest BCUT2D eigenvalue weighted by Gasteiger charge is -2.34. The zero-order chi connectivity index (χ0) is 24.8. The number of aryl methyl sites for hydroxylation is 1. The molecule has 0 spiro atoms. The van der Waals surface area contributed by atoms with Gasteiger partial charge in [-0.15, -0.1) is 0 Å². The van der Waals surface area contributed by atoms with Gasteiger partial charge in [0, 0.05) is 24.7 Å². The zero-order valence-electron chi connectivity index (χ0n) is 21.0. The lowest BCUT2D eigenvalue weighted by molar-refractivity contribution is 0.0160. The van der Waals surface area contributed by atoms with Crippen LogP contribution in [-0.2, 0) is 17.9 Å². The van der Waals surface area contributed by atoms with E-state index >= 15 is 0 Å². The number of nitrogens with zero attached hydrogens (tertiary/aromatic N) is 3. The van der Waals surface area contributed by atoms with Crippen LogP contribution in [0.5, 0.6) is 5.75 Å². The molecule has 3 aromatic rings. The Balaban J connectivity index is 1.32. The molecule has 2 aromatic carbocycles. The van der Waals surface area contributed by atoms with Crippen molar-refractivity contribution in [2.75, 3.05) is 13.1 Å². The van der Waals surface area contributed by atoms with Crippen LogP contribution in [0.25, 0.3) is 11.0 Å². The van der Waals surface area contributed by atoms with Crippen molar-refractivity contribution in [2.45, 2.75) is 71.6 Å². The Hall–Kier alpha value is -2.73. The smallest absolute Gasteiger partial charge is 0.410 e. The van der Waals surface area contributed by atoms with Gasteiger partial charge >= 0.3 is 6.09 Å². The number of piperidine rings is 1. The Labute approximate surface area is 213 Å². The number of carbonyl (C=O) groups is 1. The second kappa shape index (κ2) is 11.3. The Morgan fingerprint density at radius 1 is 1.11 bits per heavy atom. The second-order valence-corrected chi connectivity index (χ2v) is 10.8. The maximum atomic E-state index is 12.5. The lowest BCUT2D eigenvalue weighted by Crippen LogP contribution is -2.42. The predicted molar refractivity (Wildman–Crippen MR) is 140 cm³/mol. The first-order chi connectivity index (χ1) is 16.8. The Kier molecular flexibility index (Phi) is 8.22. The van der Waals surface area contributed by atoms with Gasteiger partial charge in [0.05, 0.1) is 11.0 Å². The van der Waals surface area contributed by atoms with E-state index in [0.717, 1.165) is 67.9 Å². The van der Waals surface area contributed by atoms with Gasteiger partial charge in [-0.1, -0.05) is 30.2 Å². The third-order valence-corrected chi connectivity index (χ3v) is 6.58. The van der Waals surface area contributed by atoms with E-state index in [4.69, 9.17) is 26.1 Å². The number of hydrogen-bond acceptors (Lipinski definition) is 4. The van der Waals surface area contributed by atoms with E-state index in [-0.39, 0.29) is 6.09 Å². The van der Waals surface area contributed by atoms with Crippen molar-refractivity contribution in [3.63, 3.8) is 0 Å². The van der Waals surface area contributed by atoms with E-state index in [2.05, 4.69) is 16.7 Å². The van der Waals surface area contributed by atoms with Gasteiger partial charge in [-0.25, -0.2) is 9.78 Å². The first-order valence-electron chi connectivity index (χ1n) is 12.6. The summed E-state index contributed by atoms with van der Waals surface area (Å²) < 4.78 is 13.8. The van der Waals surface area contributed by atoms with Crippen LogP contribution in [-0.4, -0.2) is 39.2 Å². The number of carbonyl (C=O) groups excluding carboxylic acids is 1. The van der Waals surface area contributed by atoms with Gasteiger partial charge in [0.1, 0.15) is 23.8 Å². The number of para-hydroxylation sites is 2. The fourth-order valence-electron chi connectivity index (χ4n) is 4.66. The van der Waals surface area contributed by atoms with Crippen molar-refractivity contribution in [2.24, 2.45) is 5.92 Å². The first-order valence-corrected chi connectivity index (χ1v) is 13.0. The fraction of sp³-hybridized carbons (Fsp3) is 0.500.